The molecule has 1 heterocycles. The number of hydrogen-bond donors (Lipinski definition) is 2. The van der Waals surface area contributed by atoms with Crippen LogP contribution in [0.5, 0.6) is 5.75 Å². The van der Waals surface area contributed by atoms with Gasteiger partial charge >= 0.3 is 0 Å². The van der Waals surface area contributed by atoms with Crippen molar-refractivity contribution in [2.75, 3.05) is 12.5 Å². The van der Waals surface area contributed by atoms with Gasteiger partial charge in [-0.3, -0.25) is 0 Å². The number of nitrogens with one attached hydrogen (secondary N) is 2. The molecule has 0 unspecified atom stereocenters. The van der Waals surface area contributed by atoms with Gasteiger partial charge in [0, 0.05) is 5.56 Å². The number of methoxy groups -OCH3 is 1. The summed E-state index contributed by atoms with van der Waals surface area (Å²) in [6.07, 6.45) is 0. The Labute approximate surface area is 154 Å². The van der Waals surface area contributed by atoms with Crippen molar-refractivity contribution in [3.8, 4) is 17.1 Å². The Morgan fingerprint density at radius 2 is 1.88 bits per heavy atom. The van der Waals surface area contributed by atoms with E-state index >= 15 is 0 Å². The van der Waals surface area contributed by atoms with Crippen molar-refractivity contribution in [3.05, 3.63) is 62.8 Å². The minimum Gasteiger partial charge on any atom is -0.494 e. The van der Waals surface area contributed by atoms with Crippen LogP contribution in [0.25, 0.3) is 11.4 Å². The lowest BCUT2D eigenvalue weighted by atomic mass is 10.2. The minimum atomic E-state index is 0.459. The van der Waals surface area contributed by atoms with Crippen LogP contribution in [0.1, 0.15) is 5.56 Å². The van der Waals surface area contributed by atoms with Crippen LogP contribution >= 0.6 is 35.4 Å². The summed E-state index contributed by atoms with van der Waals surface area (Å²) >= 11 is 17.6. The maximum absolute atomic E-state index is 6.17. The van der Waals surface area contributed by atoms with Crippen LogP contribution in [0, 0.1) is 4.77 Å². The standard InChI is InChI=1S/C16H14Cl2N4OS/c1-23-14-12(17)7-10(8-13(14)18)9-19-22-15(20-21-16(22)24)11-5-3-2-4-6-11/h2-8,19H,9H2,1H3,(H,21,24). The first-order chi connectivity index (χ1) is 11.6. The number of nitrogens with zero attached hydrogens (tertiary/aromatic N) is 2. The number of rotatable bonds is 5. The number of halogens is 2. The summed E-state index contributed by atoms with van der Waals surface area (Å²) < 4.78 is 7.35. The molecule has 3 aromatic rings. The van der Waals surface area contributed by atoms with Crippen molar-refractivity contribution in [1.82, 2.24) is 14.9 Å². The topological polar surface area (TPSA) is 54.9 Å². The largest absolute Gasteiger partial charge is 0.494 e. The Morgan fingerprint density at radius 3 is 2.50 bits per heavy atom. The van der Waals surface area contributed by atoms with E-state index in [-0.39, 0.29) is 0 Å². The van der Waals surface area contributed by atoms with Gasteiger partial charge in [0.25, 0.3) is 0 Å². The van der Waals surface area contributed by atoms with Gasteiger partial charge in [-0.15, -0.1) is 0 Å². The fourth-order valence-corrected chi connectivity index (χ4v) is 3.19. The predicted octanol–water partition coefficient (Wildman–Crippen LogP) is 4.67. The minimum absolute atomic E-state index is 0.459. The third-order valence-electron chi connectivity index (χ3n) is 3.41. The number of aromatic nitrogens is 3. The number of benzene rings is 2. The van der Waals surface area contributed by atoms with Crippen molar-refractivity contribution in [3.63, 3.8) is 0 Å². The molecule has 2 aromatic carbocycles. The van der Waals surface area contributed by atoms with Gasteiger partial charge in [0.05, 0.1) is 23.7 Å². The Kier molecular flexibility index (Phi) is 5.08. The molecular formula is C16H14Cl2N4OS. The van der Waals surface area contributed by atoms with Gasteiger partial charge in [-0.05, 0) is 29.9 Å². The molecule has 0 aliphatic carbocycles. The van der Waals surface area contributed by atoms with Crippen LogP contribution in [0.4, 0.5) is 0 Å². The van der Waals surface area contributed by atoms with Crippen molar-refractivity contribution >= 4 is 35.4 Å². The molecule has 0 saturated carbocycles. The van der Waals surface area contributed by atoms with Gasteiger partial charge in [-0.2, -0.15) is 5.10 Å². The van der Waals surface area contributed by atoms with E-state index in [2.05, 4.69) is 15.6 Å². The number of hydrogen-bond acceptors (Lipinski definition) is 4. The Morgan fingerprint density at radius 1 is 1.21 bits per heavy atom. The van der Waals surface area contributed by atoms with Crippen LogP contribution in [0.2, 0.25) is 10.0 Å². The molecule has 3 rings (SSSR count). The van der Waals surface area contributed by atoms with E-state index in [0.717, 1.165) is 11.1 Å². The molecule has 1 aromatic heterocycles. The lowest BCUT2D eigenvalue weighted by Gasteiger charge is -2.12. The lowest BCUT2D eigenvalue weighted by molar-refractivity contribution is 0.415. The molecule has 5 nitrogen and oxygen atoms in total. The Hall–Kier alpha value is -2.02. The highest BCUT2D eigenvalue weighted by molar-refractivity contribution is 7.71. The van der Waals surface area contributed by atoms with Crippen LogP contribution in [0.15, 0.2) is 42.5 Å². The van der Waals surface area contributed by atoms with Crippen molar-refractivity contribution < 1.29 is 4.74 Å². The fourth-order valence-electron chi connectivity index (χ4n) is 2.30. The maximum Gasteiger partial charge on any atom is 0.214 e. The normalized spacial score (nSPS) is 10.6. The molecule has 0 amide bonds. The molecule has 0 spiro atoms. The van der Waals surface area contributed by atoms with E-state index in [1.165, 1.54) is 7.11 Å². The van der Waals surface area contributed by atoms with E-state index in [4.69, 9.17) is 40.2 Å². The second-order valence-corrected chi connectivity index (χ2v) is 6.18. The molecule has 0 radical (unpaired) electrons. The Bertz CT molecular complexity index is 885. The van der Waals surface area contributed by atoms with E-state index in [1.54, 1.807) is 16.8 Å². The molecule has 0 fully saturated rings. The first-order valence-electron chi connectivity index (χ1n) is 7.08. The summed E-state index contributed by atoms with van der Waals surface area (Å²) in [7, 11) is 1.53. The van der Waals surface area contributed by atoms with E-state index in [9.17, 15) is 0 Å². The molecule has 0 saturated heterocycles. The van der Waals surface area contributed by atoms with Crippen molar-refractivity contribution in [2.45, 2.75) is 6.54 Å². The summed E-state index contributed by atoms with van der Waals surface area (Å²) in [5, 5.41) is 7.98. The summed E-state index contributed by atoms with van der Waals surface area (Å²) in [6, 6.07) is 13.4. The second-order valence-electron chi connectivity index (χ2n) is 4.98. The zero-order valence-corrected chi connectivity index (χ0v) is 15.0. The first kappa shape index (κ1) is 16.8. The lowest BCUT2D eigenvalue weighted by Crippen LogP contribution is -2.16. The number of ether oxygens (including phenoxy) is 1. The highest BCUT2D eigenvalue weighted by atomic mass is 35.5. The molecule has 0 bridgehead atoms. The molecule has 124 valence electrons. The summed E-state index contributed by atoms with van der Waals surface area (Å²) in [5.41, 5.74) is 5.07. The van der Waals surface area contributed by atoms with E-state index in [1.807, 2.05) is 30.3 Å². The summed E-state index contributed by atoms with van der Waals surface area (Å²) in [4.78, 5) is 0. The predicted molar refractivity (Wildman–Crippen MR) is 98.9 cm³/mol. The molecule has 0 aliphatic rings. The first-order valence-corrected chi connectivity index (χ1v) is 8.25. The molecule has 2 N–H and O–H groups in total. The molecular weight excluding hydrogens is 367 g/mol. The summed E-state index contributed by atoms with van der Waals surface area (Å²) in [5.74, 6) is 1.17. The van der Waals surface area contributed by atoms with Gasteiger partial charge in [0.1, 0.15) is 0 Å². The third kappa shape index (κ3) is 3.40. The molecule has 0 atom stereocenters. The zero-order valence-electron chi connectivity index (χ0n) is 12.7. The smallest absolute Gasteiger partial charge is 0.214 e. The van der Waals surface area contributed by atoms with Gasteiger partial charge in [0.15, 0.2) is 11.6 Å². The zero-order chi connectivity index (χ0) is 17.1. The Balaban J connectivity index is 1.86. The number of H-pyrrole nitrogens is 1. The molecule has 24 heavy (non-hydrogen) atoms. The third-order valence-corrected chi connectivity index (χ3v) is 4.24. The van der Waals surface area contributed by atoms with Crippen LogP contribution in [-0.2, 0) is 6.54 Å². The van der Waals surface area contributed by atoms with Crippen LogP contribution in [-0.4, -0.2) is 22.0 Å². The highest BCUT2D eigenvalue weighted by Crippen LogP contribution is 2.33. The fraction of sp³-hybridized carbons (Fsp3) is 0.125. The van der Waals surface area contributed by atoms with Crippen molar-refractivity contribution in [2.24, 2.45) is 0 Å². The van der Waals surface area contributed by atoms with Gasteiger partial charge < -0.3 is 10.2 Å². The van der Waals surface area contributed by atoms with E-state index in [0.29, 0.717) is 32.9 Å². The second kappa shape index (κ2) is 7.25. The van der Waals surface area contributed by atoms with Gasteiger partial charge in [-0.25, -0.2) is 9.77 Å². The average molecular weight is 381 g/mol. The quantitative estimate of drug-likeness (QED) is 0.631. The van der Waals surface area contributed by atoms with Gasteiger partial charge in [0.2, 0.25) is 4.77 Å². The van der Waals surface area contributed by atoms with E-state index < -0.39 is 0 Å². The maximum atomic E-state index is 6.17. The van der Waals surface area contributed by atoms with Gasteiger partial charge in [-0.1, -0.05) is 53.5 Å². The van der Waals surface area contributed by atoms with Crippen LogP contribution in [0.3, 0.4) is 0 Å². The highest BCUT2D eigenvalue weighted by Gasteiger charge is 2.11. The SMILES string of the molecule is COc1c(Cl)cc(CNn2c(-c3ccccc3)n[nH]c2=S)cc1Cl. The van der Waals surface area contributed by atoms with Crippen LogP contribution < -0.4 is 10.2 Å². The average Bonchev–Trinajstić information content (AvgIpc) is 2.94. The molecule has 8 heteroatoms. The monoisotopic (exact) mass is 380 g/mol. The summed E-state index contributed by atoms with van der Waals surface area (Å²) in [6.45, 7) is 0.469. The number of aromatic amines is 1. The van der Waals surface area contributed by atoms with Crippen molar-refractivity contribution in [1.29, 1.82) is 0 Å². The molecule has 0 aliphatic heterocycles.